The maximum absolute atomic E-state index is 11.8. The fourth-order valence-electron chi connectivity index (χ4n) is 1.22. The first-order valence-corrected chi connectivity index (χ1v) is 6.14. The van der Waals surface area contributed by atoms with Crippen LogP contribution in [-0.4, -0.2) is 16.4 Å². The minimum Gasteiger partial charge on any atom is -0.346 e. The number of amides is 1. The number of carbonyl (C=O) groups excluding carboxylic acids is 1. The lowest BCUT2D eigenvalue weighted by Gasteiger charge is -2.20. The van der Waals surface area contributed by atoms with E-state index in [1.54, 1.807) is 12.3 Å². The standard InChI is InChI=1S/C12H17BrN2O/c1-8(13)9-5-6-14-10(7-9)11(16)15-12(2,3)4/h5-8H,1-4H3,(H,15,16). The zero-order chi connectivity index (χ0) is 12.3. The van der Waals surface area contributed by atoms with Crippen LogP contribution < -0.4 is 5.32 Å². The Labute approximate surface area is 105 Å². The van der Waals surface area contributed by atoms with Crippen molar-refractivity contribution in [3.05, 3.63) is 29.6 Å². The number of alkyl halides is 1. The van der Waals surface area contributed by atoms with E-state index in [9.17, 15) is 4.79 Å². The molecular weight excluding hydrogens is 268 g/mol. The van der Waals surface area contributed by atoms with Crippen molar-refractivity contribution < 1.29 is 4.79 Å². The lowest BCUT2D eigenvalue weighted by atomic mass is 10.1. The Morgan fingerprint density at radius 2 is 2.12 bits per heavy atom. The third-order valence-electron chi connectivity index (χ3n) is 1.96. The van der Waals surface area contributed by atoms with Gasteiger partial charge in [-0.2, -0.15) is 0 Å². The first kappa shape index (κ1) is 13.2. The van der Waals surface area contributed by atoms with Gasteiger partial charge >= 0.3 is 0 Å². The van der Waals surface area contributed by atoms with Crippen LogP contribution in [0.1, 0.15) is 48.6 Å². The molecule has 1 heterocycles. The highest BCUT2D eigenvalue weighted by Gasteiger charge is 2.16. The van der Waals surface area contributed by atoms with Crippen molar-refractivity contribution in [1.29, 1.82) is 0 Å². The number of nitrogens with zero attached hydrogens (tertiary/aromatic N) is 1. The molecule has 1 rings (SSSR count). The Morgan fingerprint density at radius 3 is 2.62 bits per heavy atom. The smallest absolute Gasteiger partial charge is 0.270 e. The normalized spacial score (nSPS) is 13.3. The molecule has 0 aromatic carbocycles. The van der Waals surface area contributed by atoms with Gasteiger partial charge in [0.2, 0.25) is 0 Å². The van der Waals surface area contributed by atoms with Crippen LogP contribution in [0.4, 0.5) is 0 Å². The molecule has 1 N–H and O–H groups in total. The van der Waals surface area contributed by atoms with Crippen LogP contribution in [0.3, 0.4) is 0 Å². The molecule has 1 amide bonds. The van der Waals surface area contributed by atoms with Crippen LogP contribution in [0.2, 0.25) is 0 Å². The van der Waals surface area contributed by atoms with Crippen molar-refractivity contribution in [2.45, 2.75) is 38.1 Å². The number of halogens is 1. The minimum absolute atomic E-state index is 0.137. The summed E-state index contributed by atoms with van der Waals surface area (Å²) in [7, 11) is 0. The average molecular weight is 285 g/mol. The maximum Gasteiger partial charge on any atom is 0.270 e. The van der Waals surface area contributed by atoms with Crippen LogP contribution in [0.15, 0.2) is 18.3 Å². The second kappa shape index (κ2) is 4.95. The van der Waals surface area contributed by atoms with Gasteiger partial charge in [0.1, 0.15) is 5.69 Å². The van der Waals surface area contributed by atoms with Crippen molar-refractivity contribution in [2.75, 3.05) is 0 Å². The monoisotopic (exact) mass is 284 g/mol. The van der Waals surface area contributed by atoms with Crippen molar-refractivity contribution in [3.8, 4) is 0 Å². The highest BCUT2D eigenvalue weighted by molar-refractivity contribution is 9.09. The molecule has 0 aliphatic rings. The van der Waals surface area contributed by atoms with E-state index in [4.69, 9.17) is 0 Å². The largest absolute Gasteiger partial charge is 0.346 e. The van der Waals surface area contributed by atoms with Gasteiger partial charge in [0.25, 0.3) is 5.91 Å². The van der Waals surface area contributed by atoms with E-state index in [-0.39, 0.29) is 16.3 Å². The van der Waals surface area contributed by atoms with E-state index in [2.05, 4.69) is 26.2 Å². The molecule has 1 unspecified atom stereocenters. The molecule has 0 aliphatic heterocycles. The Hall–Kier alpha value is -0.900. The van der Waals surface area contributed by atoms with Gasteiger partial charge in [-0.25, -0.2) is 0 Å². The maximum atomic E-state index is 11.8. The van der Waals surface area contributed by atoms with Crippen LogP contribution in [0.5, 0.6) is 0 Å². The van der Waals surface area contributed by atoms with E-state index in [1.165, 1.54) is 0 Å². The van der Waals surface area contributed by atoms with Crippen LogP contribution in [-0.2, 0) is 0 Å². The van der Waals surface area contributed by atoms with Crippen molar-refractivity contribution in [1.82, 2.24) is 10.3 Å². The number of hydrogen-bond acceptors (Lipinski definition) is 2. The van der Waals surface area contributed by atoms with Gasteiger partial charge < -0.3 is 5.32 Å². The number of nitrogens with one attached hydrogen (secondary N) is 1. The van der Waals surface area contributed by atoms with Gasteiger partial charge in [0.15, 0.2) is 0 Å². The van der Waals surface area contributed by atoms with E-state index in [0.717, 1.165) is 5.56 Å². The molecule has 0 bridgehead atoms. The topological polar surface area (TPSA) is 42.0 Å². The summed E-state index contributed by atoms with van der Waals surface area (Å²) >= 11 is 3.47. The molecule has 0 spiro atoms. The summed E-state index contributed by atoms with van der Waals surface area (Å²) in [6.45, 7) is 7.85. The highest BCUT2D eigenvalue weighted by Crippen LogP contribution is 2.21. The molecule has 0 aliphatic carbocycles. The predicted molar refractivity (Wildman–Crippen MR) is 68.8 cm³/mol. The SMILES string of the molecule is CC(Br)c1ccnc(C(=O)NC(C)(C)C)c1. The van der Waals surface area contributed by atoms with Crippen molar-refractivity contribution >= 4 is 21.8 Å². The zero-order valence-electron chi connectivity index (χ0n) is 10.0. The number of carbonyl (C=O) groups is 1. The van der Waals surface area contributed by atoms with Crippen molar-refractivity contribution in [3.63, 3.8) is 0 Å². The van der Waals surface area contributed by atoms with E-state index >= 15 is 0 Å². The molecule has 0 radical (unpaired) electrons. The predicted octanol–water partition coefficient (Wildman–Crippen LogP) is 3.07. The fraction of sp³-hybridized carbons (Fsp3) is 0.500. The Bertz CT molecular complexity index is 383. The average Bonchev–Trinajstić information content (AvgIpc) is 2.15. The van der Waals surface area contributed by atoms with Gasteiger partial charge in [0, 0.05) is 16.6 Å². The lowest BCUT2D eigenvalue weighted by molar-refractivity contribution is 0.0914. The molecule has 16 heavy (non-hydrogen) atoms. The summed E-state index contributed by atoms with van der Waals surface area (Å²) in [5.41, 5.74) is 1.27. The van der Waals surface area contributed by atoms with E-state index in [1.807, 2.05) is 33.8 Å². The Morgan fingerprint density at radius 1 is 1.50 bits per heavy atom. The van der Waals surface area contributed by atoms with Gasteiger partial charge in [-0.1, -0.05) is 15.9 Å². The Balaban J connectivity index is 2.88. The summed E-state index contributed by atoms with van der Waals surface area (Å²) in [5, 5.41) is 2.88. The van der Waals surface area contributed by atoms with E-state index in [0.29, 0.717) is 5.69 Å². The summed E-state index contributed by atoms with van der Waals surface area (Å²) in [6.07, 6.45) is 1.66. The van der Waals surface area contributed by atoms with Crippen LogP contribution in [0, 0.1) is 0 Å². The van der Waals surface area contributed by atoms with Gasteiger partial charge in [-0.05, 0) is 45.4 Å². The zero-order valence-corrected chi connectivity index (χ0v) is 11.6. The molecular formula is C12H17BrN2O. The highest BCUT2D eigenvalue weighted by atomic mass is 79.9. The quantitative estimate of drug-likeness (QED) is 0.848. The second-order valence-electron chi connectivity index (χ2n) is 4.79. The second-order valence-corrected chi connectivity index (χ2v) is 6.17. The number of aromatic nitrogens is 1. The Kier molecular flexibility index (Phi) is 4.08. The molecule has 1 atom stereocenters. The van der Waals surface area contributed by atoms with Crippen LogP contribution in [0.25, 0.3) is 0 Å². The van der Waals surface area contributed by atoms with Gasteiger partial charge in [-0.15, -0.1) is 0 Å². The molecule has 1 aromatic heterocycles. The van der Waals surface area contributed by atoms with Gasteiger partial charge in [0.05, 0.1) is 0 Å². The van der Waals surface area contributed by atoms with E-state index < -0.39 is 0 Å². The first-order chi connectivity index (χ1) is 7.29. The molecule has 0 saturated heterocycles. The minimum atomic E-state index is -0.241. The number of hydrogen-bond donors (Lipinski definition) is 1. The molecule has 88 valence electrons. The fourth-order valence-corrected chi connectivity index (χ4v) is 1.51. The van der Waals surface area contributed by atoms with Crippen molar-refractivity contribution in [2.24, 2.45) is 0 Å². The molecule has 0 fully saturated rings. The first-order valence-electron chi connectivity index (χ1n) is 5.22. The van der Waals surface area contributed by atoms with Crippen LogP contribution >= 0.6 is 15.9 Å². The summed E-state index contributed by atoms with van der Waals surface area (Å²) in [4.78, 5) is 16.1. The molecule has 1 aromatic rings. The third kappa shape index (κ3) is 3.93. The summed E-state index contributed by atoms with van der Waals surface area (Å²) < 4.78 is 0. The molecule has 0 saturated carbocycles. The molecule has 3 nitrogen and oxygen atoms in total. The number of rotatable bonds is 2. The lowest BCUT2D eigenvalue weighted by Crippen LogP contribution is -2.40. The van der Waals surface area contributed by atoms with Gasteiger partial charge in [-0.3, -0.25) is 9.78 Å². The molecule has 4 heteroatoms. The number of pyridine rings is 1. The summed E-state index contributed by atoms with van der Waals surface area (Å²) in [6, 6.07) is 3.70. The third-order valence-corrected chi connectivity index (χ3v) is 2.49. The summed E-state index contributed by atoms with van der Waals surface area (Å²) in [5.74, 6) is -0.137.